The summed E-state index contributed by atoms with van der Waals surface area (Å²) < 4.78 is 10.6. The Bertz CT molecular complexity index is 568. The lowest BCUT2D eigenvalue weighted by atomic mass is 10.3. The number of nitrogens with zero attached hydrogens (tertiary/aromatic N) is 2. The van der Waals surface area contributed by atoms with Gasteiger partial charge < -0.3 is 14.5 Å². The van der Waals surface area contributed by atoms with Crippen molar-refractivity contribution in [3.8, 4) is 0 Å². The van der Waals surface area contributed by atoms with Crippen molar-refractivity contribution in [1.29, 1.82) is 0 Å². The van der Waals surface area contributed by atoms with Crippen molar-refractivity contribution >= 4 is 34.2 Å². The Labute approximate surface area is 124 Å². The number of ether oxygens (including phenoxy) is 1. The van der Waals surface area contributed by atoms with Gasteiger partial charge in [0, 0.05) is 17.9 Å². The summed E-state index contributed by atoms with van der Waals surface area (Å²) in [6.45, 7) is 2.98. The van der Waals surface area contributed by atoms with Crippen LogP contribution in [0, 0.1) is 0 Å². The number of methoxy groups -OCH3 is 1. The third-order valence-corrected chi connectivity index (χ3v) is 4.46. The van der Waals surface area contributed by atoms with Crippen molar-refractivity contribution < 1.29 is 13.9 Å². The summed E-state index contributed by atoms with van der Waals surface area (Å²) in [4.78, 5) is 11.5. The van der Waals surface area contributed by atoms with Crippen LogP contribution in [0.25, 0.3) is 0 Å². The number of rotatable bonds is 7. The summed E-state index contributed by atoms with van der Waals surface area (Å²) in [5, 5.41) is 12.1. The van der Waals surface area contributed by atoms with E-state index in [1.54, 1.807) is 6.07 Å². The van der Waals surface area contributed by atoms with Crippen LogP contribution >= 0.6 is 23.1 Å². The molecule has 0 saturated heterocycles. The highest BCUT2D eigenvalue weighted by atomic mass is 32.2. The first-order valence-corrected chi connectivity index (χ1v) is 7.89. The molecule has 0 fully saturated rings. The molecular weight excluding hydrogens is 298 g/mol. The molecule has 0 aliphatic carbocycles. The Hall–Kier alpha value is -1.54. The Balaban J connectivity index is 1.93. The van der Waals surface area contributed by atoms with E-state index in [0.29, 0.717) is 5.75 Å². The second-order valence-electron chi connectivity index (χ2n) is 3.86. The summed E-state index contributed by atoms with van der Waals surface area (Å²) in [7, 11) is 1.33. The average Bonchev–Trinajstić information content (AvgIpc) is 3.10. The highest BCUT2D eigenvalue weighted by molar-refractivity contribution is 8.00. The van der Waals surface area contributed by atoms with Gasteiger partial charge in [-0.15, -0.1) is 10.2 Å². The minimum absolute atomic E-state index is 0.244. The quantitative estimate of drug-likeness (QED) is 0.622. The SMILES string of the molecule is CCCNc1nnc(SCc2ccoc2C(=O)OC)s1. The van der Waals surface area contributed by atoms with Gasteiger partial charge in [0.2, 0.25) is 10.9 Å². The van der Waals surface area contributed by atoms with Gasteiger partial charge in [0.25, 0.3) is 0 Å². The molecule has 0 spiro atoms. The van der Waals surface area contributed by atoms with E-state index in [9.17, 15) is 4.79 Å². The van der Waals surface area contributed by atoms with Crippen LogP contribution in [-0.2, 0) is 10.5 Å². The first-order valence-electron chi connectivity index (χ1n) is 6.09. The molecule has 2 aromatic heterocycles. The van der Waals surface area contributed by atoms with Crippen molar-refractivity contribution in [2.45, 2.75) is 23.4 Å². The molecule has 0 aliphatic heterocycles. The molecule has 0 unspecified atom stereocenters. The lowest BCUT2D eigenvalue weighted by Crippen LogP contribution is -2.02. The van der Waals surface area contributed by atoms with Crippen molar-refractivity contribution in [3.63, 3.8) is 0 Å². The molecule has 0 amide bonds. The number of esters is 1. The van der Waals surface area contributed by atoms with Gasteiger partial charge in [0.1, 0.15) is 0 Å². The van der Waals surface area contributed by atoms with E-state index in [1.165, 1.54) is 36.5 Å². The minimum atomic E-state index is -0.465. The van der Waals surface area contributed by atoms with Crippen LogP contribution in [0.4, 0.5) is 5.13 Å². The van der Waals surface area contributed by atoms with Crippen LogP contribution in [0.5, 0.6) is 0 Å². The predicted octanol–water partition coefficient (Wildman–Crippen LogP) is 3.03. The van der Waals surface area contributed by atoms with Gasteiger partial charge in [-0.25, -0.2) is 4.79 Å². The monoisotopic (exact) mass is 313 g/mol. The molecule has 0 saturated carbocycles. The maximum Gasteiger partial charge on any atom is 0.374 e. The van der Waals surface area contributed by atoms with Crippen molar-refractivity contribution in [3.05, 3.63) is 23.7 Å². The average molecular weight is 313 g/mol. The molecule has 2 heterocycles. The maximum absolute atomic E-state index is 11.5. The smallest absolute Gasteiger partial charge is 0.374 e. The molecule has 8 heteroatoms. The van der Waals surface area contributed by atoms with Gasteiger partial charge >= 0.3 is 5.97 Å². The standard InChI is InChI=1S/C12H15N3O3S2/c1-3-5-13-11-14-15-12(20-11)19-7-8-4-6-18-9(8)10(16)17-2/h4,6H,3,5,7H2,1-2H3,(H,13,14). The normalized spacial score (nSPS) is 10.5. The van der Waals surface area contributed by atoms with Crippen LogP contribution < -0.4 is 5.32 Å². The third kappa shape index (κ3) is 3.73. The van der Waals surface area contributed by atoms with Crippen LogP contribution in [0.1, 0.15) is 29.5 Å². The number of hydrogen-bond donors (Lipinski definition) is 1. The zero-order chi connectivity index (χ0) is 14.4. The van der Waals surface area contributed by atoms with E-state index in [0.717, 1.165) is 28.0 Å². The number of nitrogens with one attached hydrogen (secondary N) is 1. The lowest BCUT2D eigenvalue weighted by Gasteiger charge is -1.99. The van der Waals surface area contributed by atoms with E-state index < -0.39 is 5.97 Å². The maximum atomic E-state index is 11.5. The summed E-state index contributed by atoms with van der Waals surface area (Å²) in [5.74, 6) is 0.366. The van der Waals surface area contributed by atoms with Gasteiger partial charge in [-0.2, -0.15) is 0 Å². The molecule has 2 rings (SSSR count). The zero-order valence-corrected chi connectivity index (χ0v) is 12.8. The fourth-order valence-electron chi connectivity index (χ4n) is 1.43. The Morgan fingerprint density at radius 3 is 3.15 bits per heavy atom. The van der Waals surface area contributed by atoms with Crippen LogP contribution in [0.2, 0.25) is 0 Å². The van der Waals surface area contributed by atoms with Gasteiger partial charge in [0.15, 0.2) is 4.34 Å². The molecule has 2 aromatic rings. The molecule has 1 N–H and O–H groups in total. The van der Waals surface area contributed by atoms with Crippen molar-refractivity contribution in [1.82, 2.24) is 10.2 Å². The Morgan fingerprint density at radius 1 is 1.55 bits per heavy atom. The number of carbonyl (C=O) groups excluding carboxylic acids is 1. The highest BCUT2D eigenvalue weighted by Crippen LogP contribution is 2.29. The number of aromatic nitrogens is 2. The second-order valence-corrected chi connectivity index (χ2v) is 6.06. The van der Waals surface area contributed by atoms with Gasteiger partial charge in [-0.3, -0.25) is 0 Å². The van der Waals surface area contributed by atoms with Crippen LogP contribution in [-0.4, -0.2) is 29.8 Å². The molecule has 20 heavy (non-hydrogen) atoms. The number of thioether (sulfide) groups is 1. The van der Waals surface area contributed by atoms with E-state index in [2.05, 4.69) is 27.2 Å². The van der Waals surface area contributed by atoms with Crippen LogP contribution in [0.3, 0.4) is 0 Å². The predicted molar refractivity (Wildman–Crippen MR) is 78.3 cm³/mol. The number of anilines is 1. The highest BCUT2D eigenvalue weighted by Gasteiger charge is 2.16. The van der Waals surface area contributed by atoms with E-state index in [-0.39, 0.29) is 5.76 Å². The third-order valence-electron chi connectivity index (χ3n) is 2.40. The molecular formula is C12H15N3O3S2. The van der Waals surface area contributed by atoms with Crippen LogP contribution in [0.15, 0.2) is 21.1 Å². The largest absolute Gasteiger partial charge is 0.463 e. The molecule has 0 aliphatic rings. The van der Waals surface area contributed by atoms with Crippen molar-refractivity contribution in [2.24, 2.45) is 0 Å². The first-order chi connectivity index (χ1) is 9.74. The van der Waals surface area contributed by atoms with E-state index >= 15 is 0 Å². The lowest BCUT2D eigenvalue weighted by molar-refractivity contribution is 0.0564. The van der Waals surface area contributed by atoms with Gasteiger partial charge in [-0.05, 0) is 12.5 Å². The molecule has 0 radical (unpaired) electrons. The van der Waals surface area contributed by atoms with Gasteiger partial charge in [0.05, 0.1) is 13.4 Å². The number of furan rings is 1. The van der Waals surface area contributed by atoms with Gasteiger partial charge in [-0.1, -0.05) is 30.0 Å². The zero-order valence-electron chi connectivity index (χ0n) is 11.2. The van der Waals surface area contributed by atoms with Crippen molar-refractivity contribution in [2.75, 3.05) is 19.0 Å². The Kier molecular flexibility index (Phi) is 5.42. The summed E-state index contributed by atoms with van der Waals surface area (Å²) in [6.07, 6.45) is 2.52. The number of hydrogen-bond acceptors (Lipinski definition) is 8. The summed E-state index contributed by atoms with van der Waals surface area (Å²) >= 11 is 3.01. The second kappa shape index (κ2) is 7.30. The first kappa shape index (κ1) is 14.9. The number of carbonyl (C=O) groups is 1. The molecule has 0 aromatic carbocycles. The van der Waals surface area contributed by atoms with E-state index in [4.69, 9.17) is 4.42 Å². The fourth-order valence-corrected chi connectivity index (χ4v) is 3.19. The molecule has 0 atom stereocenters. The molecule has 108 valence electrons. The Morgan fingerprint density at radius 2 is 2.40 bits per heavy atom. The summed E-state index contributed by atoms with van der Waals surface area (Å²) in [6, 6.07) is 1.76. The molecule has 0 bridgehead atoms. The molecule has 6 nitrogen and oxygen atoms in total. The minimum Gasteiger partial charge on any atom is -0.463 e. The topological polar surface area (TPSA) is 77.3 Å². The van der Waals surface area contributed by atoms with E-state index in [1.807, 2.05) is 0 Å². The summed E-state index contributed by atoms with van der Waals surface area (Å²) in [5.41, 5.74) is 0.792. The fraction of sp³-hybridized carbons (Fsp3) is 0.417.